The number of carbonyl (C=O) groups excluding carboxylic acids is 1. The summed E-state index contributed by atoms with van der Waals surface area (Å²) in [5, 5.41) is 2.12. The monoisotopic (exact) mass is 473 g/mol. The number of amides is 1. The number of halogens is 1. The van der Waals surface area contributed by atoms with Gasteiger partial charge in [-0.3, -0.25) is 9.69 Å². The molecule has 1 fully saturated rings. The van der Waals surface area contributed by atoms with Gasteiger partial charge in [0.05, 0.1) is 10.6 Å². The molecule has 0 radical (unpaired) electrons. The predicted molar refractivity (Wildman–Crippen MR) is 119 cm³/mol. The van der Waals surface area contributed by atoms with E-state index in [0.29, 0.717) is 9.23 Å². The SMILES string of the molecule is O=C1C(=Cc2ccc(I)cc2)SC(=S)N1c1cccc2ccccc12. The molecule has 0 saturated carbocycles. The number of rotatable bonds is 2. The fourth-order valence-electron chi connectivity index (χ4n) is 2.79. The molecule has 1 aliphatic heterocycles. The summed E-state index contributed by atoms with van der Waals surface area (Å²) in [6.45, 7) is 0. The van der Waals surface area contributed by atoms with E-state index in [-0.39, 0.29) is 5.91 Å². The quantitative estimate of drug-likeness (QED) is 0.265. The molecule has 122 valence electrons. The Morgan fingerprint density at radius 2 is 1.68 bits per heavy atom. The van der Waals surface area contributed by atoms with Gasteiger partial charge in [0, 0.05) is 8.96 Å². The van der Waals surface area contributed by atoms with Gasteiger partial charge in [-0.25, -0.2) is 0 Å². The number of thioether (sulfide) groups is 1. The van der Waals surface area contributed by atoms with Crippen molar-refractivity contribution in [3.63, 3.8) is 0 Å². The molecule has 0 spiro atoms. The lowest BCUT2D eigenvalue weighted by molar-refractivity contribution is -0.113. The topological polar surface area (TPSA) is 20.3 Å². The van der Waals surface area contributed by atoms with E-state index in [1.807, 2.05) is 72.8 Å². The van der Waals surface area contributed by atoms with E-state index >= 15 is 0 Å². The molecule has 1 aliphatic rings. The largest absolute Gasteiger partial charge is 0.270 e. The number of anilines is 1. The number of thiocarbonyl (C=S) groups is 1. The molecule has 0 aromatic heterocycles. The third-order valence-electron chi connectivity index (χ3n) is 3.97. The lowest BCUT2D eigenvalue weighted by Gasteiger charge is -2.17. The molecule has 1 amide bonds. The van der Waals surface area contributed by atoms with Crippen LogP contribution in [-0.4, -0.2) is 10.2 Å². The second-order valence-electron chi connectivity index (χ2n) is 5.57. The normalized spacial score (nSPS) is 16.2. The standard InChI is InChI=1S/C20H12INOS2/c21-15-10-8-13(9-11-15)12-18-19(23)22(20(24)25-18)17-7-3-5-14-4-1-2-6-16(14)17/h1-12H. The summed E-state index contributed by atoms with van der Waals surface area (Å²) in [5.74, 6) is -0.0649. The van der Waals surface area contributed by atoms with Crippen molar-refractivity contribution >= 4 is 79.3 Å². The number of fused-ring (bicyclic) bond motifs is 1. The van der Waals surface area contributed by atoms with Gasteiger partial charge in [0.15, 0.2) is 4.32 Å². The fourth-order valence-corrected chi connectivity index (χ4v) is 4.43. The number of hydrogen-bond acceptors (Lipinski definition) is 3. The van der Waals surface area contributed by atoms with Crippen LogP contribution in [0.2, 0.25) is 0 Å². The summed E-state index contributed by atoms with van der Waals surface area (Å²) in [4.78, 5) is 15.3. The molecule has 0 N–H and O–H groups in total. The summed E-state index contributed by atoms with van der Waals surface area (Å²) < 4.78 is 1.73. The first-order valence-electron chi connectivity index (χ1n) is 7.65. The van der Waals surface area contributed by atoms with E-state index in [1.54, 1.807) is 4.90 Å². The smallest absolute Gasteiger partial charge is 0.268 e. The molecule has 4 rings (SSSR count). The summed E-state index contributed by atoms with van der Waals surface area (Å²) in [6.07, 6.45) is 1.90. The van der Waals surface area contributed by atoms with E-state index in [2.05, 4.69) is 22.6 Å². The highest BCUT2D eigenvalue weighted by Crippen LogP contribution is 2.38. The van der Waals surface area contributed by atoms with Crippen molar-refractivity contribution in [2.24, 2.45) is 0 Å². The van der Waals surface area contributed by atoms with Gasteiger partial charge in [0.1, 0.15) is 0 Å². The Bertz CT molecular complexity index is 1020. The molecule has 0 bridgehead atoms. The summed E-state index contributed by atoms with van der Waals surface area (Å²) in [7, 11) is 0. The first-order chi connectivity index (χ1) is 12.1. The van der Waals surface area contributed by atoms with Gasteiger partial charge in [-0.2, -0.15) is 0 Å². The minimum absolute atomic E-state index is 0.0649. The van der Waals surface area contributed by atoms with Crippen molar-refractivity contribution in [1.82, 2.24) is 0 Å². The highest BCUT2D eigenvalue weighted by Gasteiger charge is 2.34. The molecule has 3 aromatic rings. The molecule has 0 atom stereocenters. The highest BCUT2D eigenvalue weighted by atomic mass is 127. The summed E-state index contributed by atoms with van der Waals surface area (Å²) >= 11 is 9.12. The second-order valence-corrected chi connectivity index (χ2v) is 8.49. The van der Waals surface area contributed by atoms with E-state index in [4.69, 9.17) is 12.2 Å². The zero-order chi connectivity index (χ0) is 17.4. The third-order valence-corrected chi connectivity index (χ3v) is 5.99. The van der Waals surface area contributed by atoms with E-state index < -0.39 is 0 Å². The minimum Gasteiger partial charge on any atom is -0.268 e. The number of nitrogens with zero attached hydrogens (tertiary/aromatic N) is 1. The van der Waals surface area contributed by atoms with Gasteiger partial charge in [-0.05, 0) is 57.8 Å². The average molecular weight is 473 g/mol. The zero-order valence-corrected chi connectivity index (χ0v) is 16.8. The van der Waals surface area contributed by atoms with Crippen molar-refractivity contribution in [2.75, 3.05) is 4.90 Å². The van der Waals surface area contributed by atoms with E-state index in [9.17, 15) is 4.79 Å². The first-order valence-corrected chi connectivity index (χ1v) is 9.95. The Balaban J connectivity index is 1.75. The fraction of sp³-hybridized carbons (Fsp3) is 0. The van der Waals surface area contributed by atoms with Crippen LogP contribution >= 0.6 is 46.6 Å². The molecule has 1 saturated heterocycles. The van der Waals surface area contributed by atoms with Crippen molar-refractivity contribution < 1.29 is 4.79 Å². The van der Waals surface area contributed by atoms with Crippen molar-refractivity contribution in [3.05, 3.63) is 80.8 Å². The molecule has 5 heteroatoms. The minimum atomic E-state index is -0.0649. The van der Waals surface area contributed by atoms with Crippen LogP contribution in [0.25, 0.3) is 16.8 Å². The maximum Gasteiger partial charge on any atom is 0.270 e. The van der Waals surface area contributed by atoms with Crippen molar-refractivity contribution in [3.8, 4) is 0 Å². The zero-order valence-electron chi connectivity index (χ0n) is 13.0. The van der Waals surface area contributed by atoms with Crippen LogP contribution in [-0.2, 0) is 4.79 Å². The summed E-state index contributed by atoms with van der Waals surface area (Å²) in [5.41, 5.74) is 1.84. The van der Waals surface area contributed by atoms with Crippen LogP contribution in [0.15, 0.2) is 71.6 Å². The van der Waals surface area contributed by atoms with Crippen LogP contribution in [0.5, 0.6) is 0 Å². The summed E-state index contributed by atoms with van der Waals surface area (Å²) in [6, 6.07) is 22.0. The Morgan fingerprint density at radius 3 is 2.48 bits per heavy atom. The lowest BCUT2D eigenvalue weighted by Crippen LogP contribution is -2.27. The Hall–Kier alpha value is -1.70. The molecule has 0 unspecified atom stereocenters. The molecule has 0 aliphatic carbocycles. The van der Waals surface area contributed by atoms with Crippen LogP contribution in [0.4, 0.5) is 5.69 Å². The second kappa shape index (κ2) is 6.90. The van der Waals surface area contributed by atoms with Gasteiger partial charge >= 0.3 is 0 Å². The number of hydrogen-bond donors (Lipinski definition) is 0. The third kappa shape index (κ3) is 3.23. The van der Waals surface area contributed by atoms with Crippen LogP contribution in [0.1, 0.15) is 5.56 Å². The average Bonchev–Trinajstić information content (AvgIpc) is 2.90. The molecule has 25 heavy (non-hydrogen) atoms. The van der Waals surface area contributed by atoms with Gasteiger partial charge in [0.25, 0.3) is 5.91 Å². The maximum absolute atomic E-state index is 13.0. The lowest BCUT2D eigenvalue weighted by atomic mass is 10.1. The molecule has 2 nitrogen and oxygen atoms in total. The molecular formula is C20H12INOS2. The Labute approximate surface area is 169 Å². The van der Waals surface area contributed by atoms with Crippen LogP contribution < -0.4 is 4.90 Å². The van der Waals surface area contributed by atoms with Gasteiger partial charge in [-0.15, -0.1) is 0 Å². The van der Waals surface area contributed by atoms with Gasteiger partial charge in [0.2, 0.25) is 0 Å². The Morgan fingerprint density at radius 1 is 0.960 bits per heavy atom. The van der Waals surface area contributed by atoms with Crippen molar-refractivity contribution in [2.45, 2.75) is 0 Å². The van der Waals surface area contributed by atoms with Gasteiger partial charge in [-0.1, -0.05) is 72.5 Å². The van der Waals surface area contributed by atoms with E-state index in [0.717, 1.165) is 25.6 Å². The van der Waals surface area contributed by atoms with Gasteiger partial charge < -0.3 is 0 Å². The predicted octanol–water partition coefficient (Wildman–Crippen LogP) is 5.85. The molecule has 3 aromatic carbocycles. The molecular weight excluding hydrogens is 461 g/mol. The molecule has 1 heterocycles. The van der Waals surface area contributed by atoms with Crippen molar-refractivity contribution in [1.29, 1.82) is 0 Å². The van der Waals surface area contributed by atoms with Crippen LogP contribution in [0.3, 0.4) is 0 Å². The Kier molecular flexibility index (Phi) is 4.62. The number of benzene rings is 3. The van der Waals surface area contributed by atoms with Crippen LogP contribution in [0, 0.1) is 3.57 Å². The maximum atomic E-state index is 13.0. The number of carbonyl (C=O) groups is 1. The van der Waals surface area contributed by atoms with E-state index in [1.165, 1.54) is 11.8 Å². The highest BCUT2D eigenvalue weighted by molar-refractivity contribution is 14.1. The first kappa shape index (κ1) is 16.8.